The SMILES string of the molecule is c1ccc(-c2nc(-n3c4ccc(-c5ccc6c(c5)N(c5ccccc5)c5ccccc5O6)cc4c4c5ccccc5ccc43)nc3c2ccc2ccccc23)cc1. The van der Waals surface area contributed by atoms with Gasteiger partial charge in [0.05, 0.1) is 33.6 Å². The van der Waals surface area contributed by atoms with Gasteiger partial charge in [0.15, 0.2) is 11.5 Å². The summed E-state index contributed by atoms with van der Waals surface area (Å²) >= 11 is 0. The van der Waals surface area contributed by atoms with Crippen LogP contribution in [-0.2, 0) is 0 Å². The first-order valence-electron chi connectivity index (χ1n) is 19.2. The maximum Gasteiger partial charge on any atom is 0.235 e. The van der Waals surface area contributed by atoms with Crippen LogP contribution in [0.3, 0.4) is 0 Å². The number of nitrogens with zero attached hydrogens (tertiary/aromatic N) is 4. The molecule has 266 valence electrons. The van der Waals surface area contributed by atoms with Gasteiger partial charge < -0.3 is 9.64 Å². The summed E-state index contributed by atoms with van der Waals surface area (Å²) in [7, 11) is 0. The molecule has 1 aliphatic heterocycles. The molecular weight excluding hydrogens is 697 g/mol. The number of rotatable bonds is 4. The Morgan fingerprint density at radius 3 is 1.91 bits per heavy atom. The van der Waals surface area contributed by atoms with Crippen LogP contribution in [0.1, 0.15) is 0 Å². The van der Waals surface area contributed by atoms with Gasteiger partial charge in [-0.2, -0.15) is 0 Å². The van der Waals surface area contributed by atoms with Crippen molar-refractivity contribution in [1.82, 2.24) is 14.5 Å². The van der Waals surface area contributed by atoms with E-state index in [1.807, 2.05) is 18.2 Å². The fourth-order valence-corrected chi connectivity index (χ4v) is 8.74. The first-order valence-corrected chi connectivity index (χ1v) is 19.2. The third-order valence-electron chi connectivity index (χ3n) is 11.4. The van der Waals surface area contributed by atoms with E-state index in [1.54, 1.807) is 0 Å². The Hall–Kier alpha value is -7.76. The Bertz CT molecular complexity index is 3390. The van der Waals surface area contributed by atoms with Crippen LogP contribution in [-0.4, -0.2) is 14.5 Å². The highest BCUT2D eigenvalue weighted by molar-refractivity contribution is 6.22. The summed E-state index contributed by atoms with van der Waals surface area (Å²) in [6.45, 7) is 0. The molecule has 5 nitrogen and oxygen atoms in total. The van der Waals surface area contributed by atoms with Crippen molar-refractivity contribution in [2.24, 2.45) is 0 Å². The fraction of sp³-hybridized carbons (Fsp3) is 0. The molecule has 0 radical (unpaired) electrons. The fourth-order valence-electron chi connectivity index (χ4n) is 8.74. The van der Waals surface area contributed by atoms with E-state index < -0.39 is 0 Å². The van der Waals surface area contributed by atoms with Crippen molar-refractivity contribution in [3.8, 4) is 39.8 Å². The average molecular weight is 729 g/mol. The van der Waals surface area contributed by atoms with E-state index in [2.05, 4.69) is 185 Å². The number of para-hydroxylation sites is 3. The molecule has 0 bridgehead atoms. The van der Waals surface area contributed by atoms with Crippen LogP contribution in [0.4, 0.5) is 17.1 Å². The van der Waals surface area contributed by atoms with Gasteiger partial charge in [-0.1, -0.05) is 133 Å². The molecule has 0 aliphatic carbocycles. The van der Waals surface area contributed by atoms with Gasteiger partial charge >= 0.3 is 0 Å². The van der Waals surface area contributed by atoms with Gasteiger partial charge in [0.2, 0.25) is 5.95 Å². The van der Waals surface area contributed by atoms with E-state index in [9.17, 15) is 0 Å². The number of hydrogen-bond acceptors (Lipinski definition) is 4. The minimum atomic E-state index is 0.642. The molecule has 0 saturated heterocycles. The average Bonchev–Trinajstić information content (AvgIpc) is 3.62. The molecule has 9 aromatic carbocycles. The highest BCUT2D eigenvalue weighted by Gasteiger charge is 2.27. The van der Waals surface area contributed by atoms with Gasteiger partial charge in [-0.25, -0.2) is 9.97 Å². The van der Waals surface area contributed by atoms with E-state index in [4.69, 9.17) is 14.7 Å². The molecule has 11 aromatic rings. The van der Waals surface area contributed by atoms with E-state index in [-0.39, 0.29) is 0 Å². The molecule has 0 saturated carbocycles. The van der Waals surface area contributed by atoms with Gasteiger partial charge in [0.25, 0.3) is 0 Å². The van der Waals surface area contributed by atoms with Crippen molar-refractivity contribution in [1.29, 1.82) is 0 Å². The zero-order chi connectivity index (χ0) is 37.5. The summed E-state index contributed by atoms with van der Waals surface area (Å²) in [5, 5.41) is 7.98. The molecular formula is C52H32N4O. The van der Waals surface area contributed by atoms with Crippen molar-refractivity contribution < 1.29 is 4.74 Å². The highest BCUT2D eigenvalue weighted by Crippen LogP contribution is 2.51. The highest BCUT2D eigenvalue weighted by atomic mass is 16.5. The molecule has 5 heteroatoms. The van der Waals surface area contributed by atoms with Crippen molar-refractivity contribution >= 4 is 71.3 Å². The van der Waals surface area contributed by atoms with Crippen LogP contribution in [0.25, 0.3) is 82.6 Å². The lowest BCUT2D eigenvalue weighted by atomic mass is 9.99. The lowest BCUT2D eigenvalue weighted by Gasteiger charge is -2.33. The van der Waals surface area contributed by atoms with Crippen LogP contribution in [0, 0.1) is 0 Å². The third-order valence-corrected chi connectivity index (χ3v) is 11.4. The Morgan fingerprint density at radius 2 is 1.05 bits per heavy atom. The molecule has 0 spiro atoms. The van der Waals surface area contributed by atoms with E-state index in [0.717, 1.165) is 89.0 Å². The molecule has 1 aliphatic rings. The number of aromatic nitrogens is 3. The van der Waals surface area contributed by atoms with Crippen LogP contribution in [0.15, 0.2) is 194 Å². The van der Waals surface area contributed by atoms with Crippen molar-refractivity contribution in [2.45, 2.75) is 0 Å². The number of ether oxygens (including phenoxy) is 1. The first-order chi connectivity index (χ1) is 28.3. The van der Waals surface area contributed by atoms with Crippen LogP contribution in [0.2, 0.25) is 0 Å². The van der Waals surface area contributed by atoms with Gasteiger partial charge in [-0.15, -0.1) is 0 Å². The lowest BCUT2D eigenvalue weighted by Crippen LogP contribution is -2.15. The summed E-state index contributed by atoms with van der Waals surface area (Å²) < 4.78 is 8.74. The summed E-state index contributed by atoms with van der Waals surface area (Å²) in [6, 6.07) is 68.4. The zero-order valence-electron chi connectivity index (χ0n) is 30.7. The predicted molar refractivity (Wildman–Crippen MR) is 235 cm³/mol. The number of fused-ring (bicyclic) bond motifs is 10. The first kappa shape index (κ1) is 31.6. The minimum Gasteiger partial charge on any atom is -0.453 e. The molecule has 0 N–H and O–H groups in total. The monoisotopic (exact) mass is 728 g/mol. The molecule has 3 heterocycles. The second kappa shape index (κ2) is 12.4. The van der Waals surface area contributed by atoms with Gasteiger partial charge in [0.1, 0.15) is 0 Å². The molecule has 12 rings (SSSR count). The van der Waals surface area contributed by atoms with Crippen LogP contribution >= 0.6 is 0 Å². The Kier molecular flexibility index (Phi) is 6.86. The van der Waals surface area contributed by atoms with Crippen molar-refractivity contribution in [3.05, 3.63) is 194 Å². The molecule has 57 heavy (non-hydrogen) atoms. The normalized spacial score (nSPS) is 12.3. The third kappa shape index (κ3) is 4.89. The van der Waals surface area contributed by atoms with Gasteiger partial charge in [0, 0.05) is 32.8 Å². The van der Waals surface area contributed by atoms with Crippen LogP contribution < -0.4 is 9.64 Å². The van der Waals surface area contributed by atoms with Gasteiger partial charge in [-0.3, -0.25) is 4.57 Å². The number of anilines is 3. The smallest absolute Gasteiger partial charge is 0.235 e. The quantitative estimate of drug-likeness (QED) is 0.169. The minimum absolute atomic E-state index is 0.642. The number of benzene rings is 9. The van der Waals surface area contributed by atoms with Gasteiger partial charge in [-0.05, 0) is 87.9 Å². The molecule has 0 fully saturated rings. The lowest BCUT2D eigenvalue weighted by molar-refractivity contribution is 0.477. The second-order valence-corrected chi connectivity index (χ2v) is 14.6. The van der Waals surface area contributed by atoms with Crippen molar-refractivity contribution in [2.75, 3.05) is 4.90 Å². The summed E-state index contributed by atoms with van der Waals surface area (Å²) in [4.78, 5) is 13.1. The molecule has 2 aromatic heterocycles. The topological polar surface area (TPSA) is 43.2 Å². The standard InChI is InChI=1S/C52H32N4O/c1-3-15-35(16-4-1)50-41-27-23-34-14-8-10-20-40(34)51(41)54-52(53-50)56-43-28-25-36(31-42(43)49-39-19-9-7-13-33(39)24-29-45(49)56)37-26-30-48-46(32-37)55(38-17-5-2-6-18-38)44-21-11-12-22-47(44)57-48/h1-32H. The Balaban J connectivity index is 1.11. The van der Waals surface area contributed by atoms with Crippen LogP contribution in [0.5, 0.6) is 11.5 Å². The number of hydrogen-bond donors (Lipinski definition) is 0. The van der Waals surface area contributed by atoms with Crippen molar-refractivity contribution in [3.63, 3.8) is 0 Å². The Labute approximate surface area is 328 Å². The maximum absolute atomic E-state index is 6.49. The summed E-state index contributed by atoms with van der Waals surface area (Å²) in [5.41, 5.74) is 10.3. The largest absolute Gasteiger partial charge is 0.453 e. The van der Waals surface area contributed by atoms with E-state index in [0.29, 0.717) is 5.95 Å². The second-order valence-electron chi connectivity index (χ2n) is 14.6. The predicted octanol–water partition coefficient (Wildman–Crippen LogP) is 13.9. The maximum atomic E-state index is 6.49. The van der Waals surface area contributed by atoms with E-state index in [1.165, 1.54) is 16.2 Å². The Morgan fingerprint density at radius 1 is 0.404 bits per heavy atom. The molecule has 0 atom stereocenters. The molecule has 0 amide bonds. The summed E-state index contributed by atoms with van der Waals surface area (Å²) in [5.74, 6) is 2.30. The van der Waals surface area contributed by atoms with E-state index >= 15 is 0 Å². The summed E-state index contributed by atoms with van der Waals surface area (Å²) in [6.07, 6.45) is 0. The zero-order valence-corrected chi connectivity index (χ0v) is 30.7. The molecule has 0 unspecified atom stereocenters.